The van der Waals surface area contributed by atoms with Crippen molar-refractivity contribution in [2.45, 2.75) is 50.3 Å². The summed E-state index contributed by atoms with van der Waals surface area (Å²) < 4.78 is 5.23. The minimum absolute atomic E-state index is 0.247. The first-order valence-electron chi connectivity index (χ1n) is 5.52. The number of nitrogens with zero attached hydrogens (tertiary/aromatic N) is 1. The molecule has 2 saturated carbocycles. The van der Waals surface area contributed by atoms with Gasteiger partial charge in [-0.2, -0.15) is 5.26 Å². The van der Waals surface area contributed by atoms with E-state index in [2.05, 4.69) is 11.4 Å². The molecular formula is C11H18N2O. The summed E-state index contributed by atoms with van der Waals surface area (Å²) in [6.07, 6.45) is 6.14. The molecule has 0 saturated heterocycles. The molecule has 0 heterocycles. The maximum absolute atomic E-state index is 8.92. The van der Waals surface area contributed by atoms with Gasteiger partial charge in [-0.1, -0.05) is 6.42 Å². The summed E-state index contributed by atoms with van der Waals surface area (Å²) in [6, 6.07) is 3.44. The Balaban J connectivity index is 1.74. The van der Waals surface area contributed by atoms with E-state index in [1.165, 1.54) is 12.8 Å². The van der Waals surface area contributed by atoms with Crippen LogP contribution in [0.1, 0.15) is 32.1 Å². The molecule has 3 nitrogen and oxygen atoms in total. The number of rotatable bonds is 3. The van der Waals surface area contributed by atoms with Crippen molar-refractivity contribution < 1.29 is 4.74 Å². The van der Waals surface area contributed by atoms with Crippen molar-refractivity contribution in [1.29, 1.82) is 5.26 Å². The molecule has 0 aromatic rings. The van der Waals surface area contributed by atoms with Gasteiger partial charge in [0, 0.05) is 19.2 Å². The van der Waals surface area contributed by atoms with E-state index in [-0.39, 0.29) is 5.92 Å². The molecule has 0 amide bonds. The van der Waals surface area contributed by atoms with E-state index in [0.717, 1.165) is 19.3 Å². The monoisotopic (exact) mass is 194 g/mol. The number of nitriles is 1. The van der Waals surface area contributed by atoms with Gasteiger partial charge in [0.1, 0.15) is 0 Å². The molecule has 0 aromatic heterocycles. The number of methoxy groups -OCH3 is 1. The van der Waals surface area contributed by atoms with Crippen LogP contribution in [0.15, 0.2) is 0 Å². The molecule has 14 heavy (non-hydrogen) atoms. The van der Waals surface area contributed by atoms with Crippen molar-refractivity contribution in [2.24, 2.45) is 5.92 Å². The Kier molecular flexibility index (Phi) is 3.05. The Labute approximate surface area is 85.4 Å². The zero-order valence-electron chi connectivity index (χ0n) is 8.70. The minimum Gasteiger partial charge on any atom is -0.381 e. The van der Waals surface area contributed by atoms with E-state index in [1.807, 2.05) is 0 Å². The third-order valence-electron chi connectivity index (χ3n) is 3.56. The van der Waals surface area contributed by atoms with Gasteiger partial charge in [0.2, 0.25) is 0 Å². The average molecular weight is 194 g/mol. The van der Waals surface area contributed by atoms with E-state index < -0.39 is 0 Å². The van der Waals surface area contributed by atoms with Crippen LogP contribution in [-0.4, -0.2) is 25.3 Å². The zero-order valence-corrected chi connectivity index (χ0v) is 8.70. The lowest BCUT2D eigenvalue weighted by atomic mass is 9.88. The summed E-state index contributed by atoms with van der Waals surface area (Å²) in [4.78, 5) is 0. The average Bonchev–Trinajstić information content (AvgIpc) is 2.57. The van der Waals surface area contributed by atoms with Crippen LogP contribution in [0.25, 0.3) is 0 Å². The SMILES string of the molecule is COC1CC(NC2CCCC2C#N)C1. The highest BCUT2D eigenvalue weighted by atomic mass is 16.5. The fourth-order valence-corrected chi connectivity index (χ4v) is 2.51. The molecule has 78 valence electrons. The molecule has 0 radical (unpaired) electrons. The van der Waals surface area contributed by atoms with E-state index in [4.69, 9.17) is 10.00 Å². The highest BCUT2D eigenvalue weighted by Gasteiger charge is 2.34. The van der Waals surface area contributed by atoms with Crippen molar-refractivity contribution in [3.05, 3.63) is 0 Å². The van der Waals surface area contributed by atoms with Crippen molar-refractivity contribution >= 4 is 0 Å². The number of nitrogens with one attached hydrogen (secondary N) is 1. The Bertz CT molecular complexity index is 230. The van der Waals surface area contributed by atoms with E-state index >= 15 is 0 Å². The molecule has 0 aliphatic heterocycles. The van der Waals surface area contributed by atoms with Gasteiger partial charge in [0.25, 0.3) is 0 Å². The maximum Gasteiger partial charge on any atom is 0.0672 e. The fraction of sp³-hybridized carbons (Fsp3) is 0.909. The summed E-state index contributed by atoms with van der Waals surface area (Å²) in [5, 5.41) is 12.5. The standard InChI is InChI=1S/C11H18N2O/c1-14-10-5-9(6-10)13-11-4-2-3-8(11)7-12/h8-11,13H,2-6H2,1H3. The van der Waals surface area contributed by atoms with Crippen molar-refractivity contribution in [2.75, 3.05) is 7.11 Å². The normalized spacial score (nSPS) is 41.7. The summed E-state index contributed by atoms with van der Waals surface area (Å²) in [5.74, 6) is 0.247. The summed E-state index contributed by atoms with van der Waals surface area (Å²) in [6.45, 7) is 0. The molecule has 2 aliphatic carbocycles. The second-order valence-electron chi connectivity index (χ2n) is 4.47. The smallest absolute Gasteiger partial charge is 0.0672 e. The van der Waals surface area contributed by atoms with Crippen LogP contribution >= 0.6 is 0 Å². The highest BCUT2D eigenvalue weighted by molar-refractivity contribution is 4.99. The van der Waals surface area contributed by atoms with Gasteiger partial charge in [-0.3, -0.25) is 0 Å². The lowest BCUT2D eigenvalue weighted by molar-refractivity contribution is 0.0135. The predicted molar refractivity (Wildman–Crippen MR) is 53.7 cm³/mol. The molecular weight excluding hydrogens is 176 g/mol. The first kappa shape index (κ1) is 9.95. The van der Waals surface area contributed by atoms with Crippen LogP contribution in [0.5, 0.6) is 0 Å². The van der Waals surface area contributed by atoms with Crippen LogP contribution < -0.4 is 5.32 Å². The molecule has 2 aliphatic rings. The molecule has 2 unspecified atom stereocenters. The maximum atomic E-state index is 8.92. The van der Waals surface area contributed by atoms with Crippen molar-refractivity contribution in [3.8, 4) is 6.07 Å². The topological polar surface area (TPSA) is 45.0 Å². The summed E-state index contributed by atoms with van der Waals surface area (Å²) >= 11 is 0. The van der Waals surface area contributed by atoms with Crippen LogP contribution in [0.2, 0.25) is 0 Å². The third-order valence-corrected chi connectivity index (χ3v) is 3.56. The number of ether oxygens (including phenoxy) is 1. The van der Waals surface area contributed by atoms with E-state index in [9.17, 15) is 0 Å². The van der Waals surface area contributed by atoms with Gasteiger partial charge in [0.05, 0.1) is 18.1 Å². The predicted octanol–water partition coefficient (Wildman–Crippen LogP) is 1.45. The number of hydrogen-bond donors (Lipinski definition) is 1. The Morgan fingerprint density at radius 1 is 1.36 bits per heavy atom. The summed E-state index contributed by atoms with van der Waals surface area (Å²) in [7, 11) is 1.77. The van der Waals surface area contributed by atoms with E-state index in [1.54, 1.807) is 7.11 Å². The molecule has 0 spiro atoms. The second-order valence-corrected chi connectivity index (χ2v) is 4.47. The lowest BCUT2D eigenvalue weighted by Crippen LogP contribution is -2.50. The van der Waals surface area contributed by atoms with Crippen molar-refractivity contribution in [1.82, 2.24) is 5.32 Å². The first-order chi connectivity index (χ1) is 6.83. The molecule has 1 N–H and O–H groups in total. The molecule has 0 aromatic carbocycles. The fourth-order valence-electron chi connectivity index (χ4n) is 2.51. The van der Waals surface area contributed by atoms with Crippen molar-refractivity contribution in [3.63, 3.8) is 0 Å². The van der Waals surface area contributed by atoms with E-state index in [0.29, 0.717) is 18.2 Å². The van der Waals surface area contributed by atoms with Gasteiger partial charge in [-0.25, -0.2) is 0 Å². The number of hydrogen-bond acceptors (Lipinski definition) is 3. The van der Waals surface area contributed by atoms with Gasteiger partial charge < -0.3 is 10.1 Å². The highest BCUT2D eigenvalue weighted by Crippen LogP contribution is 2.29. The third kappa shape index (κ3) is 1.92. The molecule has 0 bridgehead atoms. The molecule has 2 atom stereocenters. The largest absolute Gasteiger partial charge is 0.381 e. The lowest BCUT2D eigenvalue weighted by Gasteiger charge is -2.37. The molecule has 3 heteroatoms. The van der Waals surface area contributed by atoms with Crippen LogP contribution in [0, 0.1) is 17.2 Å². The van der Waals surface area contributed by atoms with Crippen LogP contribution in [-0.2, 0) is 4.74 Å². The van der Waals surface area contributed by atoms with Gasteiger partial charge in [0.15, 0.2) is 0 Å². The van der Waals surface area contributed by atoms with Gasteiger partial charge in [-0.15, -0.1) is 0 Å². The Morgan fingerprint density at radius 2 is 2.14 bits per heavy atom. The molecule has 2 fully saturated rings. The van der Waals surface area contributed by atoms with Gasteiger partial charge in [-0.05, 0) is 25.7 Å². The molecule has 2 rings (SSSR count). The van der Waals surface area contributed by atoms with Crippen LogP contribution in [0.3, 0.4) is 0 Å². The summed E-state index contributed by atoms with van der Waals surface area (Å²) in [5.41, 5.74) is 0. The second kappa shape index (κ2) is 4.29. The van der Waals surface area contributed by atoms with Crippen LogP contribution in [0.4, 0.5) is 0 Å². The zero-order chi connectivity index (χ0) is 9.97. The van der Waals surface area contributed by atoms with Gasteiger partial charge >= 0.3 is 0 Å². The quantitative estimate of drug-likeness (QED) is 0.739. The first-order valence-corrected chi connectivity index (χ1v) is 5.52. The minimum atomic E-state index is 0.247. The Morgan fingerprint density at radius 3 is 2.79 bits per heavy atom. The Hall–Kier alpha value is -0.590.